The van der Waals surface area contributed by atoms with Crippen molar-refractivity contribution in [1.29, 1.82) is 0 Å². The van der Waals surface area contributed by atoms with E-state index in [1.807, 2.05) is 41.7 Å². The van der Waals surface area contributed by atoms with E-state index in [4.69, 9.17) is 0 Å². The molecule has 5 aromatic rings. The summed E-state index contributed by atoms with van der Waals surface area (Å²) in [6.45, 7) is 2.03. The molecule has 0 aliphatic rings. The number of halogens is 2. The van der Waals surface area contributed by atoms with Gasteiger partial charge in [0.2, 0.25) is 0 Å². The van der Waals surface area contributed by atoms with Gasteiger partial charge in [0.15, 0.2) is 0 Å². The van der Waals surface area contributed by atoms with Crippen molar-refractivity contribution in [2.75, 3.05) is 0 Å². The molecule has 3 aromatic carbocycles. The second-order valence-corrected chi connectivity index (χ2v) is 6.47. The fourth-order valence-corrected chi connectivity index (χ4v) is 3.68. The molecular weight excluding hydrogens is 330 g/mol. The number of hydrogen-bond acceptors (Lipinski definition) is 1. The van der Waals surface area contributed by atoms with E-state index in [-0.39, 0.29) is 5.56 Å². The second-order valence-electron chi connectivity index (χ2n) is 6.47. The molecule has 0 spiro atoms. The Morgan fingerprint density at radius 1 is 0.808 bits per heavy atom. The highest BCUT2D eigenvalue weighted by molar-refractivity contribution is 6.12. The third kappa shape index (κ3) is 1.99. The molecule has 126 valence electrons. The molecule has 0 saturated heterocycles. The smallest absolute Gasteiger partial charge is 0.145 e. The lowest BCUT2D eigenvalue weighted by atomic mass is 10.0. The number of hydrogen-bond donors (Lipinski definition) is 0. The van der Waals surface area contributed by atoms with Crippen LogP contribution in [0.2, 0.25) is 0 Å². The molecule has 5 rings (SSSR count). The van der Waals surface area contributed by atoms with Crippen LogP contribution in [-0.2, 0) is 0 Å². The van der Waals surface area contributed by atoms with Crippen LogP contribution in [0, 0.1) is 18.6 Å². The Morgan fingerprint density at radius 2 is 1.54 bits per heavy atom. The van der Waals surface area contributed by atoms with Gasteiger partial charge in [-0.1, -0.05) is 42.0 Å². The van der Waals surface area contributed by atoms with Crippen LogP contribution >= 0.6 is 0 Å². The lowest BCUT2D eigenvalue weighted by Crippen LogP contribution is -1.97. The first-order valence-electron chi connectivity index (χ1n) is 8.38. The van der Waals surface area contributed by atoms with Crippen molar-refractivity contribution in [3.05, 3.63) is 84.1 Å². The minimum absolute atomic E-state index is 0.0582. The molecule has 0 amide bonds. The topological polar surface area (TPSA) is 17.3 Å². The Balaban J connectivity index is 2.05. The molecule has 2 heterocycles. The van der Waals surface area contributed by atoms with E-state index in [0.29, 0.717) is 11.3 Å². The quantitative estimate of drug-likeness (QED) is 0.346. The van der Waals surface area contributed by atoms with Gasteiger partial charge in [-0.05, 0) is 36.6 Å². The van der Waals surface area contributed by atoms with Gasteiger partial charge in [0, 0.05) is 10.8 Å². The maximum atomic E-state index is 14.4. The largest absolute Gasteiger partial charge is 0.292 e. The number of aryl methyl sites for hydroxylation is 1. The molecule has 0 radical (unpaired) electrons. The molecular formula is C22H14F2N2. The minimum atomic E-state index is -0.597. The van der Waals surface area contributed by atoms with E-state index in [2.05, 4.69) is 17.1 Å². The van der Waals surface area contributed by atoms with Crippen molar-refractivity contribution in [2.45, 2.75) is 6.92 Å². The number of pyridine rings is 1. The Kier molecular flexibility index (Phi) is 3.10. The molecule has 0 fully saturated rings. The van der Waals surface area contributed by atoms with E-state index >= 15 is 0 Å². The lowest BCUT2D eigenvalue weighted by molar-refractivity contribution is 0.588. The maximum Gasteiger partial charge on any atom is 0.145 e. The van der Waals surface area contributed by atoms with Crippen LogP contribution in [0.4, 0.5) is 8.78 Å². The molecule has 4 heteroatoms. The third-order valence-electron chi connectivity index (χ3n) is 4.83. The molecule has 0 unspecified atom stereocenters. The van der Waals surface area contributed by atoms with Crippen LogP contribution in [0.3, 0.4) is 0 Å². The average molecular weight is 344 g/mol. The Labute approximate surface area is 148 Å². The molecule has 0 aliphatic carbocycles. The molecule has 2 aromatic heterocycles. The number of benzene rings is 3. The summed E-state index contributed by atoms with van der Waals surface area (Å²) in [5, 5.41) is 3.06. The zero-order valence-corrected chi connectivity index (χ0v) is 14.0. The van der Waals surface area contributed by atoms with Gasteiger partial charge in [0.25, 0.3) is 0 Å². The Bertz CT molecular complexity index is 1300. The van der Waals surface area contributed by atoms with Gasteiger partial charge >= 0.3 is 0 Å². The Morgan fingerprint density at radius 3 is 2.31 bits per heavy atom. The summed E-state index contributed by atoms with van der Waals surface area (Å²) in [6.07, 6.45) is 1.54. The van der Waals surface area contributed by atoms with E-state index < -0.39 is 11.6 Å². The fourth-order valence-electron chi connectivity index (χ4n) is 3.68. The maximum absolute atomic E-state index is 14.4. The van der Waals surface area contributed by atoms with Gasteiger partial charge in [-0.2, -0.15) is 0 Å². The second kappa shape index (κ2) is 5.36. The minimum Gasteiger partial charge on any atom is -0.292 e. The van der Waals surface area contributed by atoms with Gasteiger partial charge in [0.1, 0.15) is 17.3 Å². The summed E-state index contributed by atoms with van der Waals surface area (Å²) in [5.74, 6) is -1.19. The monoisotopic (exact) mass is 344 g/mol. The number of rotatable bonds is 1. The average Bonchev–Trinajstić information content (AvgIpc) is 3.07. The summed E-state index contributed by atoms with van der Waals surface area (Å²) in [5.41, 5.74) is 3.04. The van der Waals surface area contributed by atoms with Crippen molar-refractivity contribution in [2.24, 2.45) is 0 Å². The highest BCUT2D eigenvalue weighted by Gasteiger charge is 2.19. The fraction of sp³-hybridized carbons (Fsp3) is 0.0455. The van der Waals surface area contributed by atoms with Gasteiger partial charge in [0.05, 0.1) is 23.0 Å². The standard InChI is InChI=1S/C22H14F2N2/c1-13-9-10-19-16(11-13)14-5-2-3-6-15(14)22-25-12-20(26(19)22)21-17(23)7-4-8-18(21)24/h2-12H,1H3. The van der Waals surface area contributed by atoms with E-state index in [1.54, 1.807) is 6.20 Å². The molecule has 0 atom stereocenters. The van der Waals surface area contributed by atoms with Crippen molar-refractivity contribution in [3.8, 4) is 11.3 Å². The van der Waals surface area contributed by atoms with Gasteiger partial charge in [-0.3, -0.25) is 4.40 Å². The van der Waals surface area contributed by atoms with Crippen molar-refractivity contribution in [1.82, 2.24) is 9.38 Å². The van der Waals surface area contributed by atoms with Crippen LogP contribution in [-0.4, -0.2) is 9.38 Å². The van der Waals surface area contributed by atoms with Crippen molar-refractivity contribution in [3.63, 3.8) is 0 Å². The van der Waals surface area contributed by atoms with Gasteiger partial charge < -0.3 is 0 Å². The zero-order valence-electron chi connectivity index (χ0n) is 14.0. The summed E-state index contributed by atoms with van der Waals surface area (Å²) >= 11 is 0. The summed E-state index contributed by atoms with van der Waals surface area (Å²) < 4.78 is 30.7. The lowest BCUT2D eigenvalue weighted by Gasteiger charge is -2.12. The molecule has 0 N–H and O–H groups in total. The zero-order chi connectivity index (χ0) is 17.8. The summed E-state index contributed by atoms with van der Waals surface area (Å²) in [4.78, 5) is 4.51. The molecule has 0 aliphatic heterocycles. The summed E-state index contributed by atoms with van der Waals surface area (Å²) in [7, 11) is 0. The first kappa shape index (κ1) is 15.0. The predicted molar refractivity (Wildman–Crippen MR) is 100 cm³/mol. The normalized spacial score (nSPS) is 11.7. The van der Waals surface area contributed by atoms with Crippen LogP contribution in [0.25, 0.3) is 38.6 Å². The van der Waals surface area contributed by atoms with E-state index in [0.717, 1.165) is 27.2 Å². The predicted octanol–water partition coefficient (Wildman–Crippen LogP) is 5.89. The molecule has 0 bridgehead atoms. The first-order chi connectivity index (χ1) is 12.6. The third-order valence-corrected chi connectivity index (χ3v) is 4.83. The molecule has 0 saturated carbocycles. The highest BCUT2D eigenvalue weighted by atomic mass is 19.1. The van der Waals surface area contributed by atoms with Crippen molar-refractivity contribution >= 4 is 27.3 Å². The van der Waals surface area contributed by atoms with E-state index in [1.165, 1.54) is 18.2 Å². The summed E-state index contributed by atoms with van der Waals surface area (Å²) in [6, 6.07) is 18.0. The van der Waals surface area contributed by atoms with Crippen LogP contribution in [0.5, 0.6) is 0 Å². The van der Waals surface area contributed by atoms with E-state index in [9.17, 15) is 8.78 Å². The van der Waals surface area contributed by atoms with Crippen LogP contribution in [0.1, 0.15) is 5.56 Å². The Hall–Kier alpha value is -3.27. The van der Waals surface area contributed by atoms with Crippen LogP contribution in [0.15, 0.2) is 66.9 Å². The highest BCUT2D eigenvalue weighted by Crippen LogP contribution is 2.34. The van der Waals surface area contributed by atoms with Crippen LogP contribution < -0.4 is 0 Å². The number of imidazole rings is 1. The van der Waals surface area contributed by atoms with Gasteiger partial charge in [-0.15, -0.1) is 0 Å². The molecule has 26 heavy (non-hydrogen) atoms. The number of fused-ring (bicyclic) bond motifs is 6. The number of aromatic nitrogens is 2. The molecule has 2 nitrogen and oxygen atoms in total. The number of nitrogens with zero attached hydrogens (tertiary/aromatic N) is 2. The van der Waals surface area contributed by atoms with Gasteiger partial charge in [-0.25, -0.2) is 13.8 Å². The van der Waals surface area contributed by atoms with Crippen molar-refractivity contribution < 1.29 is 8.78 Å². The first-order valence-corrected chi connectivity index (χ1v) is 8.38. The SMILES string of the molecule is Cc1ccc2c(c1)c1ccccc1c1ncc(-c3c(F)cccc3F)n21.